The minimum atomic E-state index is -0.714. The Balaban J connectivity index is 1.99. The van der Waals surface area contributed by atoms with Crippen molar-refractivity contribution < 1.29 is 28.5 Å². The molecule has 0 saturated carbocycles. The third-order valence-electron chi connectivity index (χ3n) is 3.36. The highest BCUT2D eigenvalue weighted by atomic mass is 35.5. The molecule has 0 spiro atoms. The summed E-state index contributed by atoms with van der Waals surface area (Å²) >= 11 is 6.05. The highest BCUT2D eigenvalue weighted by Gasteiger charge is 2.17. The molecule has 0 aliphatic carbocycles. The van der Waals surface area contributed by atoms with E-state index in [-0.39, 0.29) is 16.3 Å². The topological polar surface area (TPSA) is 83.1 Å². The summed E-state index contributed by atoms with van der Waals surface area (Å²) in [5.74, 6) is -0.0131. The molecular formula is C18H18ClNO6. The van der Waals surface area contributed by atoms with Crippen molar-refractivity contribution >= 4 is 29.2 Å². The summed E-state index contributed by atoms with van der Waals surface area (Å²) in [4.78, 5) is 24.1. The quantitative estimate of drug-likeness (QED) is 0.744. The first-order valence-electron chi connectivity index (χ1n) is 7.51. The zero-order valence-electron chi connectivity index (χ0n) is 14.5. The maximum atomic E-state index is 12.1. The van der Waals surface area contributed by atoms with Gasteiger partial charge in [-0.1, -0.05) is 17.7 Å². The van der Waals surface area contributed by atoms with Crippen molar-refractivity contribution in [3.8, 4) is 17.2 Å². The highest BCUT2D eigenvalue weighted by Crippen LogP contribution is 2.36. The Morgan fingerprint density at radius 1 is 1.04 bits per heavy atom. The van der Waals surface area contributed by atoms with Crippen LogP contribution in [0.3, 0.4) is 0 Å². The number of amides is 1. The van der Waals surface area contributed by atoms with Gasteiger partial charge in [0, 0.05) is 11.8 Å². The Morgan fingerprint density at radius 3 is 2.46 bits per heavy atom. The standard InChI is InChI=1S/C18H18ClNO6/c1-23-13-6-4-5-12(9-13)20-16(21)10-26-18(22)11-7-14(19)17(25-3)15(8-11)24-2/h4-9H,10H2,1-3H3,(H,20,21). The molecule has 0 atom stereocenters. The van der Waals surface area contributed by atoms with Gasteiger partial charge in [0.25, 0.3) is 5.91 Å². The summed E-state index contributed by atoms with van der Waals surface area (Å²) < 4.78 is 20.3. The molecule has 0 radical (unpaired) electrons. The van der Waals surface area contributed by atoms with Gasteiger partial charge in [0.05, 0.1) is 31.9 Å². The van der Waals surface area contributed by atoms with Crippen LogP contribution in [0.25, 0.3) is 0 Å². The van der Waals surface area contributed by atoms with E-state index in [1.807, 2.05) is 0 Å². The van der Waals surface area contributed by atoms with Crippen LogP contribution in [-0.4, -0.2) is 39.8 Å². The molecule has 0 fully saturated rings. The van der Waals surface area contributed by atoms with Crippen LogP contribution >= 0.6 is 11.6 Å². The summed E-state index contributed by atoms with van der Waals surface area (Å²) in [6.07, 6.45) is 0. The number of ether oxygens (including phenoxy) is 4. The van der Waals surface area contributed by atoms with Gasteiger partial charge in [-0.3, -0.25) is 4.79 Å². The third-order valence-corrected chi connectivity index (χ3v) is 3.64. The maximum absolute atomic E-state index is 12.1. The van der Waals surface area contributed by atoms with Crippen LogP contribution in [0.4, 0.5) is 5.69 Å². The van der Waals surface area contributed by atoms with Gasteiger partial charge in [-0.15, -0.1) is 0 Å². The van der Waals surface area contributed by atoms with Crippen LogP contribution < -0.4 is 19.5 Å². The van der Waals surface area contributed by atoms with E-state index >= 15 is 0 Å². The third kappa shape index (κ3) is 4.80. The van der Waals surface area contributed by atoms with Crippen molar-refractivity contribution in [1.29, 1.82) is 0 Å². The normalized spacial score (nSPS) is 10.0. The molecule has 7 nitrogen and oxygen atoms in total. The lowest BCUT2D eigenvalue weighted by molar-refractivity contribution is -0.119. The first-order chi connectivity index (χ1) is 12.5. The van der Waals surface area contributed by atoms with E-state index in [0.29, 0.717) is 17.2 Å². The number of nitrogens with one attached hydrogen (secondary N) is 1. The van der Waals surface area contributed by atoms with E-state index in [9.17, 15) is 9.59 Å². The van der Waals surface area contributed by atoms with Gasteiger partial charge in [-0.25, -0.2) is 4.79 Å². The molecule has 0 aliphatic rings. The van der Waals surface area contributed by atoms with Crippen LogP contribution in [-0.2, 0) is 9.53 Å². The predicted molar refractivity (Wildman–Crippen MR) is 96.5 cm³/mol. The van der Waals surface area contributed by atoms with Crippen LogP contribution in [0.2, 0.25) is 5.02 Å². The van der Waals surface area contributed by atoms with Crippen molar-refractivity contribution in [2.45, 2.75) is 0 Å². The van der Waals surface area contributed by atoms with Gasteiger partial charge in [-0.2, -0.15) is 0 Å². The number of hydrogen-bond acceptors (Lipinski definition) is 6. The summed E-state index contributed by atoms with van der Waals surface area (Å²) in [6, 6.07) is 9.62. The Kier molecular flexibility index (Phi) is 6.68. The molecule has 0 aliphatic heterocycles. The molecule has 0 aromatic heterocycles. The molecule has 2 aromatic rings. The van der Waals surface area contributed by atoms with Crippen LogP contribution in [0.5, 0.6) is 17.2 Å². The lowest BCUT2D eigenvalue weighted by Crippen LogP contribution is -2.21. The van der Waals surface area contributed by atoms with E-state index in [1.165, 1.54) is 33.5 Å². The number of anilines is 1. The van der Waals surface area contributed by atoms with Crippen molar-refractivity contribution in [1.82, 2.24) is 0 Å². The molecule has 0 saturated heterocycles. The number of carbonyl (C=O) groups excluding carboxylic acids is 2. The molecule has 0 unspecified atom stereocenters. The Morgan fingerprint density at radius 2 is 1.81 bits per heavy atom. The Hall–Kier alpha value is -2.93. The molecule has 26 heavy (non-hydrogen) atoms. The fraction of sp³-hybridized carbons (Fsp3) is 0.222. The molecule has 2 aromatic carbocycles. The number of rotatable bonds is 7. The first kappa shape index (κ1) is 19.4. The zero-order chi connectivity index (χ0) is 19.1. The van der Waals surface area contributed by atoms with Crippen molar-refractivity contribution in [3.63, 3.8) is 0 Å². The minimum Gasteiger partial charge on any atom is -0.497 e. The summed E-state index contributed by atoms with van der Waals surface area (Å²) in [5.41, 5.74) is 0.668. The molecule has 0 bridgehead atoms. The maximum Gasteiger partial charge on any atom is 0.338 e. The van der Waals surface area contributed by atoms with Crippen LogP contribution in [0.15, 0.2) is 36.4 Å². The van der Waals surface area contributed by atoms with E-state index in [4.69, 9.17) is 30.5 Å². The molecule has 1 N–H and O–H groups in total. The largest absolute Gasteiger partial charge is 0.497 e. The highest BCUT2D eigenvalue weighted by molar-refractivity contribution is 6.32. The summed E-state index contributed by atoms with van der Waals surface area (Å²) in [6.45, 7) is -0.456. The van der Waals surface area contributed by atoms with Crippen LogP contribution in [0.1, 0.15) is 10.4 Å². The predicted octanol–water partition coefficient (Wildman–Crippen LogP) is 3.16. The summed E-state index contributed by atoms with van der Waals surface area (Å²) in [7, 11) is 4.38. The molecule has 138 valence electrons. The number of hydrogen-bond donors (Lipinski definition) is 1. The van der Waals surface area contributed by atoms with E-state index < -0.39 is 18.5 Å². The smallest absolute Gasteiger partial charge is 0.338 e. The average molecular weight is 380 g/mol. The molecule has 8 heteroatoms. The van der Waals surface area contributed by atoms with Crippen molar-refractivity contribution in [2.24, 2.45) is 0 Å². The molecular weight excluding hydrogens is 362 g/mol. The van der Waals surface area contributed by atoms with E-state index in [1.54, 1.807) is 24.3 Å². The SMILES string of the molecule is COc1cccc(NC(=O)COC(=O)c2cc(Cl)c(OC)c(OC)c2)c1. The van der Waals surface area contributed by atoms with Crippen LogP contribution in [0, 0.1) is 0 Å². The number of methoxy groups -OCH3 is 3. The lowest BCUT2D eigenvalue weighted by atomic mass is 10.2. The summed E-state index contributed by atoms with van der Waals surface area (Å²) in [5, 5.41) is 2.80. The Labute approximate surface area is 155 Å². The van der Waals surface area contributed by atoms with Gasteiger partial charge < -0.3 is 24.3 Å². The number of carbonyl (C=O) groups is 2. The van der Waals surface area contributed by atoms with Gasteiger partial charge in [-0.05, 0) is 24.3 Å². The van der Waals surface area contributed by atoms with Gasteiger partial charge in [0.1, 0.15) is 5.75 Å². The number of halogens is 1. The lowest BCUT2D eigenvalue weighted by Gasteiger charge is -2.12. The van der Waals surface area contributed by atoms with Crippen molar-refractivity contribution in [2.75, 3.05) is 33.3 Å². The van der Waals surface area contributed by atoms with Gasteiger partial charge in [0.2, 0.25) is 0 Å². The molecule has 1 amide bonds. The van der Waals surface area contributed by atoms with E-state index in [2.05, 4.69) is 5.32 Å². The second kappa shape index (κ2) is 8.96. The fourth-order valence-electron chi connectivity index (χ4n) is 2.15. The fourth-order valence-corrected chi connectivity index (χ4v) is 2.44. The number of esters is 1. The molecule has 2 rings (SSSR count). The molecule has 0 heterocycles. The van der Waals surface area contributed by atoms with E-state index in [0.717, 1.165) is 0 Å². The average Bonchev–Trinajstić information content (AvgIpc) is 2.65. The van der Waals surface area contributed by atoms with Gasteiger partial charge >= 0.3 is 5.97 Å². The zero-order valence-corrected chi connectivity index (χ0v) is 15.3. The second-order valence-electron chi connectivity index (χ2n) is 5.05. The van der Waals surface area contributed by atoms with Gasteiger partial charge in [0.15, 0.2) is 18.1 Å². The first-order valence-corrected chi connectivity index (χ1v) is 7.88. The Bertz CT molecular complexity index is 808. The number of benzene rings is 2. The minimum absolute atomic E-state index is 0.141. The monoisotopic (exact) mass is 379 g/mol. The second-order valence-corrected chi connectivity index (χ2v) is 5.46. The van der Waals surface area contributed by atoms with Crippen molar-refractivity contribution in [3.05, 3.63) is 47.0 Å².